The first-order valence-electron chi connectivity index (χ1n) is 6.78. The minimum Gasteiger partial charge on any atom is -0.390 e. The number of aliphatic imine (C=N–C) groups is 1. The third-order valence-electron chi connectivity index (χ3n) is 3.44. The molecule has 5 heteroatoms. The largest absolute Gasteiger partial charge is 0.390 e. The van der Waals surface area contributed by atoms with Crippen molar-refractivity contribution in [3.05, 3.63) is 51.8 Å². The molecule has 0 atom stereocenters. The lowest BCUT2D eigenvalue weighted by Crippen LogP contribution is -2.28. The molecule has 0 spiro atoms. The van der Waals surface area contributed by atoms with E-state index in [1.54, 1.807) is 19.2 Å². The molecule has 0 radical (unpaired) electrons. The van der Waals surface area contributed by atoms with Crippen molar-refractivity contribution >= 4 is 23.4 Å². The molecule has 0 aliphatic carbocycles. The monoisotopic (exact) mass is 308 g/mol. The van der Waals surface area contributed by atoms with Gasteiger partial charge < -0.3 is 10.4 Å². The third kappa shape index (κ3) is 4.00. The fourth-order valence-corrected chi connectivity index (χ4v) is 2.50. The molecule has 0 saturated carbocycles. The summed E-state index contributed by atoms with van der Waals surface area (Å²) < 4.78 is 13.1. The van der Waals surface area contributed by atoms with Crippen molar-refractivity contribution in [2.75, 3.05) is 26.7 Å². The molecule has 0 unspecified atom stereocenters. The minimum atomic E-state index is -0.422. The summed E-state index contributed by atoms with van der Waals surface area (Å²) in [5, 5.41) is 12.8. The highest BCUT2D eigenvalue weighted by Gasteiger charge is 2.14. The molecule has 1 aliphatic heterocycles. The van der Waals surface area contributed by atoms with Gasteiger partial charge in [0.2, 0.25) is 0 Å². The number of rotatable bonds is 4. The smallest absolute Gasteiger partial charge is 0.141 e. The van der Waals surface area contributed by atoms with Crippen LogP contribution < -0.4 is 5.32 Å². The summed E-state index contributed by atoms with van der Waals surface area (Å²) in [6.07, 6.45) is 4.68. The van der Waals surface area contributed by atoms with Gasteiger partial charge >= 0.3 is 0 Å². The molecule has 0 aromatic heterocycles. The van der Waals surface area contributed by atoms with E-state index in [0.717, 1.165) is 36.2 Å². The van der Waals surface area contributed by atoms with E-state index in [1.807, 2.05) is 12.2 Å². The van der Waals surface area contributed by atoms with Gasteiger partial charge in [-0.05, 0) is 41.8 Å². The van der Waals surface area contributed by atoms with Crippen LogP contribution in [0, 0.1) is 5.82 Å². The molecule has 3 nitrogen and oxygen atoms in total. The van der Waals surface area contributed by atoms with Crippen LogP contribution in [0.5, 0.6) is 0 Å². The molecule has 1 heterocycles. The Morgan fingerprint density at radius 1 is 1.48 bits per heavy atom. The number of halogens is 2. The highest BCUT2D eigenvalue weighted by Crippen LogP contribution is 2.20. The maximum atomic E-state index is 13.1. The second kappa shape index (κ2) is 7.50. The Labute approximate surface area is 128 Å². The summed E-state index contributed by atoms with van der Waals surface area (Å²) in [6, 6.07) is 4.61. The summed E-state index contributed by atoms with van der Waals surface area (Å²) >= 11 is 5.77. The van der Waals surface area contributed by atoms with Crippen LogP contribution in [-0.2, 0) is 0 Å². The minimum absolute atomic E-state index is 0.0639. The van der Waals surface area contributed by atoms with E-state index in [0.29, 0.717) is 5.71 Å². The fraction of sp³-hybridized carbons (Fsp3) is 0.312. The second-order valence-electron chi connectivity index (χ2n) is 4.77. The number of benzene rings is 1. The normalized spacial score (nSPS) is 16.9. The SMILES string of the molecule is CN=C(CO)C1=C(/C=C/c2ccc(F)c(Cl)c2)CNCC1. The van der Waals surface area contributed by atoms with Gasteiger partial charge in [-0.2, -0.15) is 0 Å². The van der Waals surface area contributed by atoms with Crippen LogP contribution in [0.15, 0.2) is 40.4 Å². The molecule has 21 heavy (non-hydrogen) atoms. The molecule has 1 aliphatic rings. The van der Waals surface area contributed by atoms with E-state index >= 15 is 0 Å². The van der Waals surface area contributed by atoms with Gasteiger partial charge in [0, 0.05) is 13.6 Å². The summed E-state index contributed by atoms with van der Waals surface area (Å²) in [4.78, 5) is 4.14. The number of nitrogens with zero attached hydrogens (tertiary/aromatic N) is 1. The molecule has 2 N–H and O–H groups in total. The molecule has 0 saturated heterocycles. The predicted octanol–water partition coefficient (Wildman–Crippen LogP) is 2.85. The Balaban J connectivity index is 2.29. The molecule has 1 aromatic rings. The van der Waals surface area contributed by atoms with Gasteiger partial charge in [0.25, 0.3) is 0 Å². The average Bonchev–Trinajstić information content (AvgIpc) is 2.51. The standard InChI is InChI=1S/C16H18ClFN2O/c1-19-16(10-21)13-6-7-20-9-12(13)4-2-11-3-5-15(18)14(17)8-11/h2-5,8,20-21H,6-7,9-10H2,1H3/b4-2+,19-16?. The van der Waals surface area contributed by atoms with Crippen molar-refractivity contribution in [3.8, 4) is 0 Å². The second-order valence-corrected chi connectivity index (χ2v) is 5.17. The fourth-order valence-electron chi connectivity index (χ4n) is 2.31. The lowest BCUT2D eigenvalue weighted by molar-refractivity contribution is 0.357. The van der Waals surface area contributed by atoms with E-state index in [9.17, 15) is 9.50 Å². The van der Waals surface area contributed by atoms with Gasteiger partial charge in [0.15, 0.2) is 0 Å². The third-order valence-corrected chi connectivity index (χ3v) is 3.73. The predicted molar refractivity (Wildman–Crippen MR) is 85.4 cm³/mol. The molecule has 0 bridgehead atoms. The van der Waals surface area contributed by atoms with Crippen LogP contribution in [-0.4, -0.2) is 37.6 Å². The zero-order valence-corrected chi connectivity index (χ0v) is 12.6. The summed E-state index contributed by atoms with van der Waals surface area (Å²) in [5.74, 6) is -0.422. The lowest BCUT2D eigenvalue weighted by Gasteiger charge is -2.20. The van der Waals surface area contributed by atoms with Crippen LogP contribution in [0.1, 0.15) is 12.0 Å². The lowest BCUT2D eigenvalue weighted by atomic mass is 9.96. The van der Waals surface area contributed by atoms with E-state index in [-0.39, 0.29) is 11.6 Å². The van der Waals surface area contributed by atoms with Crippen LogP contribution in [0.3, 0.4) is 0 Å². The first kappa shape index (κ1) is 15.9. The van der Waals surface area contributed by atoms with Gasteiger partial charge in [0.1, 0.15) is 5.82 Å². The maximum Gasteiger partial charge on any atom is 0.141 e. The molecule has 0 fully saturated rings. The van der Waals surface area contributed by atoms with E-state index in [4.69, 9.17) is 11.6 Å². The first-order chi connectivity index (χ1) is 10.2. The number of nitrogens with one attached hydrogen (secondary N) is 1. The topological polar surface area (TPSA) is 44.6 Å². The van der Waals surface area contributed by atoms with Crippen LogP contribution >= 0.6 is 11.6 Å². The van der Waals surface area contributed by atoms with E-state index in [2.05, 4.69) is 10.3 Å². The zero-order valence-electron chi connectivity index (χ0n) is 11.9. The molecule has 112 valence electrons. The molecule has 2 rings (SSSR count). The summed E-state index contributed by atoms with van der Waals surface area (Å²) in [7, 11) is 1.68. The Bertz CT molecular complexity index is 608. The highest BCUT2D eigenvalue weighted by molar-refractivity contribution is 6.30. The molecule has 0 amide bonds. The van der Waals surface area contributed by atoms with E-state index in [1.165, 1.54) is 6.07 Å². The summed E-state index contributed by atoms with van der Waals surface area (Å²) in [5.41, 5.74) is 3.70. The number of hydrogen-bond donors (Lipinski definition) is 2. The van der Waals surface area contributed by atoms with Crippen LogP contribution in [0.2, 0.25) is 5.02 Å². The zero-order chi connectivity index (χ0) is 15.2. The Morgan fingerprint density at radius 3 is 2.95 bits per heavy atom. The van der Waals surface area contributed by atoms with Crippen molar-refractivity contribution in [1.29, 1.82) is 0 Å². The number of hydrogen-bond acceptors (Lipinski definition) is 3. The van der Waals surface area contributed by atoms with Gasteiger partial charge in [-0.15, -0.1) is 0 Å². The first-order valence-corrected chi connectivity index (χ1v) is 7.16. The number of aliphatic hydroxyl groups excluding tert-OH is 1. The highest BCUT2D eigenvalue weighted by atomic mass is 35.5. The van der Waals surface area contributed by atoms with Gasteiger partial charge in [-0.3, -0.25) is 4.99 Å². The van der Waals surface area contributed by atoms with Gasteiger partial charge in [-0.25, -0.2) is 4.39 Å². The van der Waals surface area contributed by atoms with E-state index < -0.39 is 5.82 Å². The van der Waals surface area contributed by atoms with Crippen molar-refractivity contribution in [2.45, 2.75) is 6.42 Å². The van der Waals surface area contributed by atoms with Crippen molar-refractivity contribution in [3.63, 3.8) is 0 Å². The molecular formula is C16H18ClFN2O. The van der Waals surface area contributed by atoms with Crippen molar-refractivity contribution < 1.29 is 9.50 Å². The summed E-state index contributed by atoms with van der Waals surface area (Å²) in [6.45, 7) is 1.53. The number of aliphatic hydroxyl groups is 1. The Kier molecular flexibility index (Phi) is 5.67. The van der Waals surface area contributed by atoms with Crippen LogP contribution in [0.25, 0.3) is 6.08 Å². The van der Waals surface area contributed by atoms with Gasteiger partial charge in [0.05, 0.1) is 17.3 Å². The molecule has 1 aromatic carbocycles. The van der Waals surface area contributed by atoms with Gasteiger partial charge in [-0.1, -0.05) is 29.8 Å². The maximum absolute atomic E-state index is 13.1. The average molecular weight is 309 g/mol. The van der Waals surface area contributed by atoms with Crippen LogP contribution in [0.4, 0.5) is 4.39 Å². The Morgan fingerprint density at radius 2 is 2.29 bits per heavy atom. The van der Waals surface area contributed by atoms with Crippen molar-refractivity contribution in [1.82, 2.24) is 5.32 Å². The molecular weight excluding hydrogens is 291 g/mol. The van der Waals surface area contributed by atoms with Crippen molar-refractivity contribution in [2.24, 2.45) is 4.99 Å². The Hall–Kier alpha value is -1.49. The quantitative estimate of drug-likeness (QED) is 0.840.